The molecule has 0 spiro atoms. The average molecular weight is 429 g/mol. The van der Waals surface area contributed by atoms with Gasteiger partial charge in [-0.05, 0) is 37.3 Å². The average Bonchev–Trinajstić information content (AvgIpc) is 3.26. The van der Waals surface area contributed by atoms with Crippen LogP contribution in [0.25, 0.3) is 10.6 Å². The highest BCUT2D eigenvalue weighted by Crippen LogP contribution is 2.34. The highest BCUT2D eigenvalue weighted by molar-refractivity contribution is 7.13. The first kappa shape index (κ1) is 21.4. The summed E-state index contributed by atoms with van der Waals surface area (Å²) >= 11 is 1.46. The SMILES string of the molecule is COc1ccc(-c2nc(COC(=O)c3cc(OC)c(C)c(OC)c3)cs2)cc1OC. The Labute approximate surface area is 179 Å². The predicted octanol–water partition coefficient (Wildman–Crippen LogP) is 4.51. The third kappa shape index (κ3) is 4.49. The van der Waals surface area contributed by atoms with Gasteiger partial charge in [0, 0.05) is 16.5 Å². The summed E-state index contributed by atoms with van der Waals surface area (Å²) in [4.78, 5) is 17.1. The molecule has 8 heteroatoms. The second kappa shape index (κ2) is 9.49. The Morgan fingerprint density at radius 1 is 0.900 bits per heavy atom. The van der Waals surface area contributed by atoms with Crippen LogP contribution in [0.4, 0.5) is 0 Å². The molecule has 0 aliphatic rings. The lowest BCUT2D eigenvalue weighted by atomic mass is 10.1. The van der Waals surface area contributed by atoms with Crippen LogP contribution >= 0.6 is 11.3 Å². The number of ether oxygens (including phenoxy) is 5. The van der Waals surface area contributed by atoms with Crippen molar-refractivity contribution in [2.45, 2.75) is 13.5 Å². The van der Waals surface area contributed by atoms with Gasteiger partial charge in [-0.1, -0.05) is 0 Å². The maximum absolute atomic E-state index is 12.5. The van der Waals surface area contributed by atoms with Crippen molar-refractivity contribution in [1.82, 2.24) is 4.98 Å². The number of carbonyl (C=O) groups is 1. The fourth-order valence-corrected chi connectivity index (χ4v) is 3.70. The number of methoxy groups -OCH3 is 4. The fraction of sp³-hybridized carbons (Fsp3) is 0.273. The number of benzene rings is 2. The maximum Gasteiger partial charge on any atom is 0.338 e. The molecule has 0 bridgehead atoms. The van der Waals surface area contributed by atoms with E-state index in [1.165, 1.54) is 11.3 Å². The Morgan fingerprint density at radius 2 is 1.53 bits per heavy atom. The Balaban J connectivity index is 1.72. The van der Waals surface area contributed by atoms with Gasteiger partial charge in [0.15, 0.2) is 11.5 Å². The van der Waals surface area contributed by atoms with Crippen LogP contribution in [-0.4, -0.2) is 39.4 Å². The second-order valence-corrected chi connectivity index (χ2v) is 7.15. The van der Waals surface area contributed by atoms with Crippen LogP contribution < -0.4 is 18.9 Å². The Morgan fingerprint density at radius 3 is 2.13 bits per heavy atom. The Kier molecular flexibility index (Phi) is 6.79. The number of aromatic nitrogens is 1. The molecule has 0 unspecified atom stereocenters. The first-order valence-electron chi connectivity index (χ1n) is 9.07. The lowest BCUT2D eigenvalue weighted by Crippen LogP contribution is -2.07. The van der Waals surface area contributed by atoms with Crippen molar-refractivity contribution >= 4 is 17.3 Å². The molecular formula is C22H23NO6S. The number of hydrogen-bond donors (Lipinski definition) is 0. The van der Waals surface area contributed by atoms with Crippen LogP contribution in [0.5, 0.6) is 23.0 Å². The summed E-state index contributed by atoms with van der Waals surface area (Å²) in [6.07, 6.45) is 0. The van der Waals surface area contributed by atoms with Crippen molar-refractivity contribution in [3.8, 4) is 33.6 Å². The Bertz CT molecular complexity index is 1020. The van der Waals surface area contributed by atoms with Gasteiger partial charge in [-0.15, -0.1) is 11.3 Å². The lowest BCUT2D eigenvalue weighted by molar-refractivity contribution is 0.0467. The topological polar surface area (TPSA) is 76.1 Å². The van der Waals surface area contributed by atoms with Gasteiger partial charge in [0.25, 0.3) is 0 Å². The number of rotatable bonds is 8. The molecule has 0 N–H and O–H groups in total. The minimum absolute atomic E-state index is 0.0567. The van der Waals surface area contributed by atoms with Crippen molar-refractivity contribution < 1.29 is 28.5 Å². The summed E-state index contributed by atoms with van der Waals surface area (Å²) in [5, 5.41) is 2.65. The number of nitrogens with zero attached hydrogens (tertiary/aromatic N) is 1. The van der Waals surface area contributed by atoms with E-state index < -0.39 is 5.97 Å². The number of carbonyl (C=O) groups excluding carboxylic acids is 1. The summed E-state index contributed by atoms with van der Waals surface area (Å²) in [6, 6.07) is 8.86. The molecule has 7 nitrogen and oxygen atoms in total. The quantitative estimate of drug-likeness (QED) is 0.488. The van der Waals surface area contributed by atoms with Gasteiger partial charge < -0.3 is 23.7 Å². The van der Waals surface area contributed by atoms with Crippen LogP contribution in [0.1, 0.15) is 21.6 Å². The molecule has 3 aromatic rings. The molecule has 1 heterocycles. The Hall–Kier alpha value is -3.26. The first-order chi connectivity index (χ1) is 14.5. The van der Waals surface area contributed by atoms with E-state index in [0.717, 1.165) is 16.1 Å². The van der Waals surface area contributed by atoms with E-state index in [-0.39, 0.29) is 6.61 Å². The van der Waals surface area contributed by atoms with Crippen LogP contribution in [-0.2, 0) is 11.3 Å². The molecular weight excluding hydrogens is 406 g/mol. The minimum Gasteiger partial charge on any atom is -0.496 e. The third-order valence-corrected chi connectivity index (χ3v) is 5.46. The second-order valence-electron chi connectivity index (χ2n) is 6.30. The zero-order valence-corrected chi connectivity index (χ0v) is 18.3. The van der Waals surface area contributed by atoms with Crippen LogP contribution in [0.2, 0.25) is 0 Å². The van der Waals surface area contributed by atoms with E-state index in [1.54, 1.807) is 40.6 Å². The summed E-state index contributed by atoms with van der Waals surface area (Å²) < 4.78 is 26.7. The van der Waals surface area contributed by atoms with Crippen molar-refractivity contribution in [3.05, 3.63) is 52.5 Å². The molecule has 30 heavy (non-hydrogen) atoms. The number of esters is 1. The van der Waals surface area contributed by atoms with Gasteiger partial charge in [0.05, 0.1) is 39.7 Å². The highest BCUT2D eigenvalue weighted by Gasteiger charge is 2.16. The van der Waals surface area contributed by atoms with Gasteiger partial charge in [-0.3, -0.25) is 0 Å². The number of hydrogen-bond acceptors (Lipinski definition) is 8. The van der Waals surface area contributed by atoms with Gasteiger partial charge >= 0.3 is 5.97 Å². The lowest BCUT2D eigenvalue weighted by Gasteiger charge is -2.12. The van der Waals surface area contributed by atoms with E-state index >= 15 is 0 Å². The minimum atomic E-state index is -0.479. The van der Waals surface area contributed by atoms with Crippen LogP contribution in [0.3, 0.4) is 0 Å². The molecule has 0 saturated carbocycles. The molecule has 0 radical (unpaired) electrons. The van der Waals surface area contributed by atoms with Crippen molar-refractivity contribution in [2.24, 2.45) is 0 Å². The number of thiazole rings is 1. The monoisotopic (exact) mass is 429 g/mol. The third-order valence-electron chi connectivity index (χ3n) is 4.52. The molecule has 0 aliphatic carbocycles. The van der Waals surface area contributed by atoms with E-state index in [4.69, 9.17) is 23.7 Å². The van der Waals surface area contributed by atoms with Crippen LogP contribution in [0.15, 0.2) is 35.7 Å². The molecule has 0 saturated heterocycles. The zero-order valence-electron chi connectivity index (χ0n) is 17.5. The van der Waals surface area contributed by atoms with E-state index in [1.807, 2.05) is 30.5 Å². The molecule has 1 aromatic heterocycles. The van der Waals surface area contributed by atoms with E-state index in [9.17, 15) is 4.79 Å². The summed E-state index contributed by atoms with van der Waals surface area (Å²) in [7, 11) is 6.26. The first-order valence-corrected chi connectivity index (χ1v) is 9.95. The largest absolute Gasteiger partial charge is 0.496 e. The standard InChI is InChI=1S/C22H23NO6S/c1-13-18(26-3)9-15(10-19(13)27-4)22(24)29-11-16-12-30-21(23-16)14-6-7-17(25-2)20(8-14)28-5/h6-10,12H,11H2,1-5H3. The van der Waals surface area contributed by atoms with Crippen LogP contribution in [0, 0.1) is 6.92 Å². The summed E-state index contributed by atoms with van der Waals surface area (Å²) in [6.45, 7) is 1.92. The smallest absolute Gasteiger partial charge is 0.338 e. The van der Waals surface area contributed by atoms with E-state index in [2.05, 4.69) is 4.98 Å². The maximum atomic E-state index is 12.5. The van der Waals surface area contributed by atoms with Crippen molar-refractivity contribution in [3.63, 3.8) is 0 Å². The molecule has 0 aliphatic heterocycles. The molecule has 2 aromatic carbocycles. The molecule has 158 valence electrons. The fourth-order valence-electron chi connectivity index (χ4n) is 2.90. The van der Waals surface area contributed by atoms with Crippen molar-refractivity contribution in [1.29, 1.82) is 0 Å². The van der Waals surface area contributed by atoms with Gasteiger partial charge in [0.1, 0.15) is 23.1 Å². The molecule has 0 atom stereocenters. The summed E-state index contributed by atoms with van der Waals surface area (Å²) in [5.41, 5.74) is 2.72. The predicted molar refractivity (Wildman–Crippen MR) is 114 cm³/mol. The van der Waals surface area contributed by atoms with Crippen molar-refractivity contribution in [2.75, 3.05) is 28.4 Å². The molecule has 0 fully saturated rings. The zero-order chi connectivity index (χ0) is 21.7. The van der Waals surface area contributed by atoms with Gasteiger partial charge in [-0.25, -0.2) is 9.78 Å². The molecule has 0 amide bonds. The normalized spacial score (nSPS) is 10.4. The van der Waals surface area contributed by atoms with Gasteiger partial charge in [-0.2, -0.15) is 0 Å². The van der Waals surface area contributed by atoms with Gasteiger partial charge in [0.2, 0.25) is 0 Å². The molecule has 3 rings (SSSR count). The highest BCUT2D eigenvalue weighted by atomic mass is 32.1. The van der Waals surface area contributed by atoms with E-state index in [0.29, 0.717) is 34.3 Å². The summed E-state index contributed by atoms with van der Waals surface area (Å²) in [5.74, 6) is 1.92.